The SMILES string of the molecule is CCOC(=O)NC1(N2CCC2)COc2cc[c]cc2C1Cc1ccccc1. The van der Waals surface area contributed by atoms with Crippen LogP contribution in [-0.4, -0.2) is 43.0 Å². The minimum atomic E-state index is -0.622. The van der Waals surface area contributed by atoms with Crippen molar-refractivity contribution in [3.05, 3.63) is 65.7 Å². The number of hydrogen-bond donors (Lipinski definition) is 1. The first-order valence-corrected chi connectivity index (χ1v) is 9.59. The minimum absolute atomic E-state index is 0.0470. The average Bonchev–Trinajstić information content (AvgIpc) is 2.64. The maximum Gasteiger partial charge on any atom is 0.408 e. The lowest BCUT2D eigenvalue weighted by atomic mass is 9.77. The van der Waals surface area contributed by atoms with E-state index < -0.39 is 11.8 Å². The van der Waals surface area contributed by atoms with Gasteiger partial charge >= 0.3 is 6.09 Å². The van der Waals surface area contributed by atoms with Crippen LogP contribution in [0.5, 0.6) is 5.75 Å². The predicted octanol–water partition coefficient (Wildman–Crippen LogP) is 3.35. The van der Waals surface area contributed by atoms with Crippen LogP contribution in [0, 0.1) is 6.07 Å². The Kier molecular flexibility index (Phi) is 5.03. The van der Waals surface area contributed by atoms with Crippen molar-refractivity contribution in [2.75, 3.05) is 26.3 Å². The van der Waals surface area contributed by atoms with Gasteiger partial charge in [-0.05, 0) is 43.5 Å². The number of alkyl carbamates (subject to hydrolysis) is 1. The molecule has 2 aliphatic rings. The van der Waals surface area contributed by atoms with E-state index in [2.05, 4.69) is 40.5 Å². The molecule has 5 nitrogen and oxygen atoms in total. The van der Waals surface area contributed by atoms with Gasteiger partial charge in [-0.1, -0.05) is 36.4 Å². The maximum absolute atomic E-state index is 12.4. The van der Waals surface area contributed by atoms with E-state index in [1.807, 2.05) is 31.2 Å². The van der Waals surface area contributed by atoms with Crippen molar-refractivity contribution in [1.82, 2.24) is 10.2 Å². The predicted molar refractivity (Wildman–Crippen MR) is 103 cm³/mol. The van der Waals surface area contributed by atoms with Crippen molar-refractivity contribution in [2.45, 2.75) is 31.3 Å². The average molecular weight is 365 g/mol. The third kappa shape index (κ3) is 3.39. The molecular weight excluding hydrogens is 340 g/mol. The lowest BCUT2D eigenvalue weighted by Gasteiger charge is -2.54. The lowest BCUT2D eigenvalue weighted by molar-refractivity contribution is -0.0562. The van der Waals surface area contributed by atoms with E-state index in [4.69, 9.17) is 9.47 Å². The molecule has 0 spiro atoms. The number of carbonyl (C=O) groups excluding carboxylic acids is 1. The number of carbonyl (C=O) groups is 1. The van der Waals surface area contributed by atoms with E-state index in [1.54, 1.807) is 0 Å². The van der Waals surface area contributed by atoms with E-state index >= 15 is 0 Å². The van der Waals surface area contributed by atoms with E-state index in [0.717, 1.165) is 37.2 Å². The smallest absolute Gasteiger partial charge is 0.408 e. The van der Waals surface area contributed by atoms with Crippen LogP contribution in [0.3, 0.4) is 0 Å². The second-order valence-electron chi connectivity index (χ2n) is 7.11. The van der Waals surface area contributed by atoms with Gasteiger partial charge in [-0.25, -0.2) is 4.79 Å². The Morgan fingerprint density at radius 2 is 2.15 bits per heavy atom. The monoisotopic (exact) mass is 365 g/mol. The van der Waals surface area contributed by atoms with E-state index in [-0.39, 0.29) is 5.92 Å². The fourth-order valence-corrected chi connectivity index (χ4v) is 4.08. The van der Waals surface area contributed by atoms with Crippen LogP contribution >= 0.6 is 0 Å². The summed E-state index contributed by atoms with van der Waals surface area (Å²) in [5.74, 6) is 0.919. The molecule has 2 aromatic rings. The van der Waals surface area contributed by atoms with Gasteiger partial charge in [0.25, 0.3) is 0 Å². The number of ether oxygens (including phenoxy) is 2. The van der Waals surface area contributed by atoms with Gasteiger partial charge < -0.3 is 9.47 Å². The van der Waals surface area contributed by atoms with Gasteiger partial charge in [0.05, 0.1) is 6.61 Å². The van der Waals surface area contributed by atoms with Crippen molar-refractivity contribution >= 4 is 6.09 Å². The highest BCUT2D eigenvalue weighted by atomic mass is 16.5. The Hall–Kier alpha value is -2.53. The summed E-state index contributed by atoms with van der Waals surface area (Å²) < 4.78 is 11.3. The molecule has 4 rings (SSSR count). The van der Waals surface area contributed by atoms with Crippen LogP contribution < -0.4 is 10.1 Å². The van der Waals surface area contributed by atoms with Crippen LogP contribution in [0.1, 0.15) is 30.4 Å². The number of likely N-dealkylation sites (tertiary alicyclic amines) is 1. The van der Waals surface area contributed by atoms with Gasteiger partial charge in [-0.3, -0.25) is 10.2 Å². The van der Waals surface area contributed by atoms with Crippen LogP contribution in [0.25, 0.3) is 0 Å². The Morgan fingerprint density at radius 1 is 1.33 bits per heavy atom. The molecule has 2 unspecified atom stereocenters. The molecule has 2 aromatic carbocycles. The number of hydrogen-bond acceptors (Lipinski definition) is 4. The second-order valence-corrected chi connectivity index (χ2v) is 7.11. The molecule has 2 heterocycles. The summed E-state index contributed by atoms with van der Waals surface area (Å²) in [6.07, 6.45) is 1.53. The zero-order chi connectivity index (χ0) is 18.7. The molecule has 1 fully saturated rings. The highest BCUT2D eigenvalue weighted by molar-refractivity contribution is 5.69. The number of rotatable bonds is 5. The largest absolute Gasteiger partial charge is 0.489 e. The molecule has 5 heteroatoms. The summed E-state index contributed by atoms with van der Waals surface area (Å²) >= 11 is 0. The third-order valence-corrected chi connectivity index (χ3v) is 5.55. The number of nitrogens with zero attached hydrogens (tertiary/aromatic N) is 1. The second kappa shape index (κ2) is 7.61. The van der Waals surface area contributed by atoms with Gasteiger partial charge in [0.1, 0.15) is 18.0 Å². The molecule has 1 radical (unpaired) electrons. The fraction of sp³-hybridized carbons (Fsp3) is 0.409. The number of nitrogens with one attached hydrogen (secondary N) is 1. The maximum atomic E-state index is 12.4. The molecule has 0 bridgehead atoms. The van der Waals surface area contributed by atoms with Crippen LogP contribution in [-0.2, 0) is 11.2 Å². The fourth-order valence-electron chi connectivity index (χ4n) is 4.08. The highest BCUT2D eigenvalue weighted by Crippen LogP contribution is 2.44. The molecule has 0 aromatic heterocycles. The van der Waals surface area contributed by atoms with Gasteiger partial charge in [-0.15, -0.1) is 0 Å². The summed E-state index contributed by atoms with van der Waals surface area (Å²) in [6, 6.07) is 19.4. The topological polar surface area (TPSA) is 50.8 Å². The Morgan fingerprint density at radius 3 is 2.85 bits per heavy atom. The first-order chi connectivity index (χ1) is 13.2. The molecule has 1 saturated heterocycles. The quantitative estimate of drug-likeness (QED) is 0.883. The van der Waals surface area contributed by atoms with Gasteiger partial charge in [0.15, 0.2) is 0 Å². The molecule has 0 aliphatic carbocycles. The summed E-state index contributed by atoms with van der Waals surface area (Å²) in [5.41, 5.74) is 1.69. The first kappa shape index (κ1) is 17.9. The van der Waals surface area contributed by atoms with Crippen molar-refractivity contribution < 1.29 is 14.3 Å². The number of benzene rings is 2. The zero-order valence-corrected chi connectivity index (χ0v) is 15.6. The summed E-state index contributed by atoms with van der Waals surface area (Å²) in [4.78, 5) is 14.8. The summed E-state index contributed by atoms with van der Waals surface area (Å²) in [5, 5.41) is 3.17. The van der Waals surface area contributed by atoms with Crippen LogP contribution in [0.4, 0.5) is 4.79 Å². The van der Waals surface area contributed by atoms with Crippen molar-refractivity contribution in [2.24, 2.45) is 0 Å². The normalized spacial score (nSPS) is 24.3. The zero-order valence-electron chi connectivity index (χ0n) is 15.6. The molecule has 141 valence electrons. The molecule has 1 amide bonds. The van der Waals surface area contributed by atoms with E-state index in [9.17, 15) is 4.79 Å². The van der Waals surface area contributed by atoms with Crippen molar-refractivity contribution in [3.63, 3.8) is 0 Å². The van der Waals surface area contributed by atoms with Crippen LogP contribution in [0.2, 0.25) is 0 Å². The van der Waals surface area contributed by atoms with Crippen molar-refractivity contribution in [1.29, 1.82) is 0 Å². The number of fused-ring (bicyclic) bond motifs is 1. The van der Waals surface area contributed by atoms with E-state index in [1.165, 1.54) is 5.56 Å². The third-order valence-electron chi connectivity index (χ3n) is 5.55. The molecule has 27 heavy (non-hydrogen) atoms. The first-order valence-electron chi connectivity index (χ1n) is 9.59. The highest BCUT2D eigenvalue weighted by Gasteiger charge is 2.52. The molecule has 2 atom stereocenters. The standard InChI is InChI=1S/C22H25N2O3/c1-2-26-21(25)23-22(24-13-8-14-24)16-27-20-12-7-6-11-18(20)19(22)15-17-9-4-3-5-10-17/h3-5,7,9-12,19H,2,8,13-16H2,1H3,(H,23,25). The van der Waals surface area contributed by atoms with Gasteiger partial charge in [0.2, 0.25) is 0 Å². The molecule has 0 saturated carbocycles. The van der Waals surface area contributed by atoms with Gasteiger partial charge in [0, 0.05) is 24.6 Å². The van der Waals surface area contributed by atoms with E-state index in [0.29, 0.717) is 13.2 Å². The van der Waals surface area contributed by atoms with Crippen molar-refractivity contribution in [3.8, 4) is 5.75 Å². The molecule has 2 aliphatic heterocycles. The summed E-state index contributed by atoms with van der Waals surface area (Å²) in [6.45, 7) is 4.44. The number of amides is 1. The summed E-state index contributed by atoms with van der Waals surface area (Å²) in [7, 11) is 0. The Balaban J connectivity index is 1.75. The van der Waals surface area contributed by atoms with Crippen LogP contribution in [0.15, 0.2) is 48.5 Å². The Labute approximate surface area is 160 Å². The molecular formula is C22H25N2O3. The molecule has 1 N–H and O–H groups in total. The minimum Gasteiger partial charge on any atom is -0.489 e. The lowest BCUT2D eigenvalue weighted by Crippen LogP contribution is -2.71. The van der Waals surface area contributed by atoms with Gasteiger partial charge in [-0.2, -0.15) is 0 Å². The Bertz CT molecular complexity index is 791.